The second-order valence-electron chi connectivity index (χ2n) is 5.94. The number of hydrogen-bond acceptors (Lipinski definition) is 5. The monoisotopic (exact) mass is 473 g/mol. The average molecular weight is 475 g/mol. The van der Waals surface area contributed by atoms with Crippen LogP contribution in [0.4, 0.5) is 5.69 Å². The molecule has 1 heterocycles. The van der Waals surface area contributed by atoms with E-state index in [1.807, 2.05) is 0 Å². The summed E-state index contributed by atoms with van der Waals surface area (Å²) in [5.74, 6) is -2.83. The summed E-state index contributed by atoms with van der Waals surface area (Å²) in [6.45, 7) is 0. The first-order valence-electron chi connectivity index (χ1n) is 7.51. The SMILES string of the molecule is O=C(NN1C(=O)[C@@H]2C[C@@H](Br)[C@@H](Br)C[C@H]2C1=O)c1ccccc1[N+](=O)[O-]. The molecule has 25 heavy (non-hydrogen) atoms. The topological polar surface area (TPSA) is 110 Å². The van der Waals surface area contributed by atoms with Gasteiger partial charge in [-0.05, 0) is 18.9 Å². The van der Waals surface area contributed by atoms with Gasteiger partial charge in [0.15, 0.2) is 0 Å². The van der Waals surface area contributed by atoms with Crippen LogP contribution in [-0.2, 0) is 9.59 Å². The van der Waals surface area contributed by atoms with Crippen LogP contribution in [0.25, 0.3) is 0 Å². The largest absolute Gasteiger partial charge is 0.282 e. The minimum Gasteiger partial charge on any atom is -0.272 e. The van der Waals surface area contributed by atoms with Crippen LogP contribution in [-0.4, -0.2) is 37.3 Å². The molecule has 0 spiro atoms. The molecule has 0 aromatic heterocycles. The van der Waals surface area contributed by atoms with Crippen molar-refractivity contribution in [3.05, 3.63) is 39.9 Å². The Bertz CT molecular complexity index is 743. The molecule has 3 rings (SSSR count). The third-order valence-corrected chi connectivity index (χ3v) is 7.20. The third kappa shape index (κ3) is 3.20. The molecule has 1 aliphatic carbocycles. The molecule has 1 aliphatic heterocycles. The quantitative estimate of drug-likeness (QED) is 0.312. The second-order valence-corrected chi connectivity index (χ2v) is 8.30. The van der Waals surface area contributed by atoms with Gasteiger partial charge in [0.25, 0.3) is 23.4 Å². The van der Waals surface area contributed by atoms with Crippen molar-refractivity contribution in [2.24, 2.45) is 11.8 Å². The van der Waals surface area contributed by atoms with Gasteiger partial charge in [-0.1, -0.05) is 44.0 Å². The summed E-state index contributed by atoms with van der Waals surface area (Å²) in [4.78, 5) is 47.8. The van der Waals surface area contributed by atoms with E-state index in [1.54, 1.807) is 0 Å². The van der Waals surface area contributed by atoms with Gasteiger partial charge in [-0.3, -0.25) is 29.9 Å². The van der Waals surface area contributed by atoms with Gasteiger partial charge in [0.2, 0.25) is 0 Å². The highest BCUT2D eigenvalue weighted by Crippen LogP contribution is 2.42. The zero-order chi connectivity index (χ0) is 18.3. The molecule has 10 heteroatoms. The fourth-order valence-electron chi connectivity index (χ4n) is 3.19. The fourth-order valence-corrected chi connectivity index (χ4v) is 4.43. The van der Waals surface area contributed by atoms with E-state index in [0.29, 0.717) is 17.9 Å². The molecular weight excluding hydrogens is 462 g/mol. The number of nitrogens with zero attached hydrogens (tertiary/aromatic N) is 2. The molecule has 132 valence electrons. The maximum Gasteiger partial charge on any atom is 0.282 e. The molecule has 0 radical (unpaired) electrons. The molecule has 2 aliphatic rings. The fraction of sp³-hybridized carbons (Fsp3) is 0.400. The number of benzene rings is 1. The van der Waals surface area contributed by atoms with Gasteiger partial charge in [-0.25, -0.2) is 0 Å². The molecule has 0 unspecified atom stereocenters. The summed E-state index contributed by atoms with van der Waals surface area (Å²) in [6.07, 6.45) is 0.950. The van der Waals surface area contributed by atoms with E-state index >= 15 is 0 Å². The van der Waals surface area contributed by atoms with Gasteiger partial charge < -0.3 is 0 Å². The van der Waals surface area contributed by atoms with Gasteiger partial charge in [0.05, 0.1) is 16.8 Å². The number of amides is 3. The molecule has 1 N–H and O–H groups in total. The van der Waals surface area contributed by atoms with E-state index in [1.165, 1.54) is 24.3 Å². The number of halogens is 2. The zero-order valence-corrected chi connectivity index (χ0v) is 15.9. The number of nitro benzene ring substituents is 1. The van der Waals surface area contributed by atoms with Crippen LogP contribution in [0.5, 0.6) is 0 Å². The van der Waals surface area contributed by atoms with Crippen LogP contribution in [0.1, 0.15) is 23.2 Å². The lowest BCUT2D eigenvalue weighted by molar-refractivity contribution is -0.385. The highest BCUT2D eigenvalue weighted by atomic mass is 79.9. The van der Waals surface area contributed by atoms with Crippen LogP contribution >= 0.6 is 31.9 Å². The lowest BCUT2D eigenvalue weighted by Gasteiger charge is -2.29. The number of alkyl halides is 2. The molecule has 1 aromatic carbocycles. The predicted molar refractivity (Wildman–Crippen MR) is 94.1 cm³/mol. The van der Waals surface area contributed by atoms with Crippen LogP contribution < -0.4 is 5.43 Å². The summed E-state index contributed by atoms with van der Waals surface area (Å²) in [5.41, 5.74) is 1.64. The van der Waals surface area contributed by atoms with E-state index in [9.17, 15) is 24.5 Å². The number of nitrogens with one attached hydrogen (secondary N) is 1. The van der Waals surface area contributed by atoms with Crippen LogP contribution in [0, 0.1) is 22.0 Å². The van der Waals surface area contributed by atoms with Crippen molar-refractivity contribution in [3.8, 4) is 0 Å². The Labute approximate surface area is 159 Å². The van der Waals surface area contributed by atoms with E-state index in [2.05, 4.69) is 37.3 Å². The molecule has 2 fully saturated rings. The zero-order valence-electron chi connectivity index (χ0n) is 12.7. The Morgan fingerprint density at radius 3 is 2.16 bits per heavy atom. The third-order valence-electron chi connectivity index (χ3n) is 4.47. The van der Waals surface area contributed by atoms with Gasteiger partial charge in [-0.2, -0.15) is 5.01 Å². The van der Waals surface area contributed by atoms with E-state index in [-0.39, 0.29) is 15.2 Å². The summed E-state index contributed by atoms with van der Waals surface area (Å²) in [5, 5.41) is 11.7. The molecular formula is C15H13Br2N3O5. The van der Waals surface area contributed by atoms with Crippen LogP contribution in [0.3, 0.4) is 0 Å². The number of imide groups is 1. The number of carbonyl (C=O) groups excluding carboxylic acids is 3. The Balaban J connectivity index is 1.82. The number of hydrazine groups is 1. The maximum absolute atomic E-state index is 12.5. The van der Waals surface area contributed by atoms with Crippen molar-refractivity contribution in [2.75, 3.05) is 0 Å². The lowest BCUT2D eigenvalue weighted by Crippen LogP contribution is -2.46. The summed E-state index contributed by atoms with van der Waals surface area (Å²) >= 11 is 6.96. The number of hydrogen-bond donors (Lipinski definition) is 1. The second kappa shape index (κ2) is 6.83. The number of fused-ring (bicyclic) bond motifs is 1. The highest BCUT2D eigenvalue weighted by Gasteiger charge is 2.52. The standard InChI is InChI=1S/C15H13Br2N3O5/c16-10-5-8-9(6-11(10)17)15(23)19(14(8)22)18-13(21)7-3-1-2-4-12(7)20(24)25/h1-4,8-11H,5-6H2,(H,18,21)/t8-,9-,10-,11+/m1/s1. The number of carbonyl (C=O) groups is 3. The smallest absolute Gasteiger partial charge is 0.272 e. The van der Waals surface area contributed by atoms with Crippen molar-refractivity contribution >= 4 is 55.3 Å². The number of nitro groups is 1. The van der Waals surface area contributed by atoms with E-state index < -0.39 is 40.2 Å². The Hall–Kier alpha value is -1.81. The molecule has 3 amide bonds. The number of para-hydroxylation sites is 1. The minimum atomic E-state index is -0.863. The first-order chi connectivity index (χ1) is 11.8. The van der Waals surface area contributed by atoms with E-state index in [4.69, 9.17) is 0 Å². The molecule has 1 saturated heterocycles. The van der Waals surface area contributed by atoms with Crippen molar-refractivity contribution < 1.29 is 19.3 Å². The molecule has 8 nitrogen and oxygen atoms in total. The summed E-state index contributed by atoms with van der Waals surface area (Å²) < 4.78 is 0. The van der Waals surface area contributed by atoms with Gasteiger partial charge in [-0.15, -0.1) is 0 Å². The first-order valence-corrected chi connectivity index (χ1v) is 9.34. The first kappa shape index (κ1) is 18.0. The normalized spacial score (nSPS) is 28.6. The average Bonchev–Trinajstić information content (AvgIpc) is 2.80. The van der Waals surface area contributed by atoms with Gasteiger partial charge in [0.1, 0.15) is 5.56 Å². The summed E-state index contributed by atoms with van der Waals surface area (Å²) in [6, 6.07) is 5.36. The Kier molecular flexibility index (Phi) is 4.92. The molecule has 1 aromatic rings. The molecule has 1 saturated carbocycles. The Morgan fingerprint density at radius 1 is 1.12 bits per heavy atom. The minimum absolute atomic E-state index is 0.0522. The maximum atomic E-state index is 12.5. The molecule has 4 atom stereocenters. The van der Waals surface area contributed by atoms with Crippen molar-refractivity contribution in [1.29, 1.82) is 0 Å². The van der Waals surface area contributed by atoms with Crippen molar-refractivity contribution in [3.63, 3.8) is 0 Å². The van der Waals surface area contributed by atoms with Crippen LogP contribution in [0.2, 0.25) is 0 Å². The van der Waals surface area contributed by atoms with Gasteiger partial charge >= 0.3 is 0 Å². The van der Waals surface area contributed by atoms with Crippen molar-refractivity contribution in [1.82, 2.24) is 10.4 Å². The van der Waals surface area contributed by atoms with E-state index in [0.717, 1.165) is 0 Å². The molecule has 0 bridgehead atoms. The van der Waals surface area contributed by atoms with Gasteiger partial charge in [0, 0.05) is 15.7 Å². The highest BCUT2D eigenvalue weighted by molar-refractivity contribution is 9.12. The summed E-state index contributed by atoms with van der Waals surface area (Å²) in [7, 11) is 0. The number of rotatable bonds is 3. The Morgan fingerprint density at radius 2 is 1.64 bits per heavy atom. The predicted octanol–water partition coefficient (Wildman–Crippen LogP) is 2.16. The van der Waals surface area contributed by atoms with Crippen molar-refractivity contribution in [2.45, 2.75) is 22.5 Å². The van der Waals surface area contributed by atoms with Crippen LogP contribution in [0.15, 0.2) is 24.3 Å². The lowest BCUT2D eigenvalue weighted by atomic mass is 9.81.